The molecule has 1 N–H and O–H groups in total. The molecule has 1 heterocycles. The summed E-state index contributed by atoms with van der Waals surface area (Å²) in [6.45, 7) is 4.71. The third kappa shape index (κ3) is 5.43. The average Bonchev–Trinajstić information content (AvgIpc) is 3.08. The van der Waals surface area contributed by atoms with Gasteiger partial charge < -0.3 is 14.8 Å². The molecule has 7 heteroatoms. The predicted octanol–water partition coefficient (Wildman–Crippen LogP) is 5.20. The highest BCUT2D eigenvalue weighted by atomic mass is 19.1. The van der Waals surface area contributed by atoms with E-state index >= 15 is 0 Å². The number of aryl methyl sites for hydroxylation is 1. The van der Waals surface area contributed by atoms with Gasteiger partial charge in [-0.1, -0.05) is 48.0 Å². The molecular formula is C27H25FN2O4. The van der Waals surface area contributed by atoms with E-state index in [1.165, 1.54) is 17.0 Å². The lowest BCUT2D eigenvalue weighted by Gasteiger charge is -2.13. The molecule has 34 heavy (non-hydrogen) atoms. The van der Waals surface area contributed by atoms with E-state index in [2.05, 4.69) is 5.32 Å². The highest BCUT2D eigenvalue weighted by Gasteiger charge is 2.33. The SMILES string of the molecule is CCOc1cc(/C=C2/NC(=O)N(Cc3ccc(C)cc3)C2=O)ccc1OCc1ccc(F)cc1. The number of benzene rings is 3. The van der Waals surface area contributed by atoms with Crippen molar-refractivity contribution in [1.29, 1.82) is 0 Å². The molecule has 3 aromatic rings. The molecule has 3 amide bonds. The van der Waals surface area contributed by atoms with Gasteiger partial charge in [0.25, 0.3) is 5.91 Å². The summed E-state index contributed by atoms with van der Waals surface area (Å²) in [5.74, 6) is 0.339. The first-order valence-electron chi connectivity index (χ1n) is 11.0. The van der Waals surface area contributed by atoms with Gasteiger partial charge in [0, 0.05) is 0 Å². The van der Waals surface area contributed by atoms with Crippen LogP contribution < -0.4 is 14.8 Å². The molecule has 0 atom stereocenters. The maximum atomic E-state index is 13.1. The fourth-order valence-electron chi connectivity index (χ4n) is 3.50. The number of amides is 3. The lowest BCUT2D eigenvalue weighted by molar-refractivity contribution is -0.123. The number of hydrogen-bond donors (Lipinski definition) is 1. The van der Waals surface area contributed by atoms with Crippen LogP contribution in [0.1, 0.15) is 29.2 Å². The molecule has 1 saturated heterocycles. The van der Waals surface area contributed by atoms with Crippen LogP contribution in [-0.4, -0.2) is 23.4 Å². The van der Waals surface area contributed by atoms with Gasteiger partial charge in [0.15, 0.2) is 11.5 Å². The molecule has 1 fully saturated rings. The molecule has 0 unspecified atom stereocenters. The quantitative estimate of drug-likeness (QED) is 0.370. The largest absolute Gasteiger partial charge is 0.490 e. The number of carbonyl (C=O) groups is 2. The van der Waals surface area contributed by atoms with Gasteiger partial charge in [-0.15, -0.1) is 0 Å². The Kier molecular flexibility index (Phi) is 6.92. The Labute approximate surface area is 197 Å². The molecular weight excluding hydrogens is 435 g/mol. The van der Waals surface area contributed by atoms with Gasteiger partial charge in [0.05, 0.1) is 13.2 Å². The minimum atomic E-state index is -0.457. The Balaban J connectivity index is 1.49. The Bertz CT molecular complexity index is 1220. The number of carbonyl (C=O) groups excluding carboxylic acids is 2. The number of ether oxygens (including phenoxy) is 2. The number of urea groups is 1. The molecule has 1 aliphatic rings. The number of nitrogens with zero attached hydrogens (tertiary/aromatic N) is 1. The van der Waals surface area contributed by atoms with Gasteiger partial charge in [-0.25, -0.2) is 9.18 Å². The lowest BCUT2D eigenvalue weighted by Crippen LogP contribution is -2.30. The number of imide groups is 1. The summed E-state index contributed by atoms with van der Waals surface area (Å²) < 4.78 is 24.7. The summed E-state index contributed by atoms with van der Waals surface area (Å²) in [6.07, 6.45) is 1.61. The number of hydrogen-bond acceptors (Lipinski definition) is 4. The minimum Gasteiger partial charge on any atom is -0.490 e. The Morgan fingerprint density at radius 3 is 2.32 bits per heavy atom. The third-order valence-corrected chi connectivity index (χ3v) is 5.31. The van der Waals surface area contributed by atoms with E-state index < -0.39 is 6.03 Å². The van der Waals surface area contributed by atoms with Gasteiger partial charge in [-0.2, -0.15) is 0 Å². The predicted molar refractivity (Wildman–Crippen MR) is 127 cm³/mol. The normalized spacial score (nSPS) is 14.4. The van der Waals surface area contributed by atoms with Crippen LogP contribution in [0, 0.1) is 12.7 Å². The monoisotopic (exact) mass is 460 g/mol. The topological polar surface area (TPSA) is 67.9 Å². The number of halogens is 1. The summed E-state index contributed by atoms with van der Waals surface area (Å²) in [4.78, 5) is 26.4. The second kappa shape index (κ2) is 10.2. The van der Waals surface area contributed by atoms with Gasteiger partial charge in [0.1, 0.15) is 18.1 Å². The fourth-order valence-corrected chi connectivity index (χ4v) is 3.50. The van der Waals surface area contributed by atoms with Crippen molar-refractivity contribution in [1.82, 2.24) is 10.2 Å². The number of nitrogens with one attached hydrogen (secondary N) is 1. The molecule has 4 rings (SSSR count). The first-order chi connectivity index (χ1) is 16.4. The zero-order valence-electron chi connectivity index (χ0n) is 19.0. The average molecular weight is 461 g/mol. The molecule has 0 bridgehead atoms. The second-order valence-corrected chi connectivity index (χ2v) is 7.92. The van der Waals surface area contributed by atoms with Crippen LogP contribution in [0.5, 0.6) is 11.5 Å². The van der Waals surface area contributed by atoms with Crippen molar-refractivity contribution in [2.45, 2.75) is 27.0 Å². The molecule has 1 aliphatic heterocycles. The van der Waals surface area contributed by atoms with E-state index in [-0.39, 0.29) is 30.6 Å². The van der Waals surface area contributed by atoms with Crippen molar-refractivity contribution in [2.75, 3.05) is 6.61 Å². The van der Waals surface area contributed by atoms with Gasteiger partial charge in [-0.3, -0.25) is 9.69 Å². The Hall–Kier alpha value is -4.13. The van der Waals surface area contributed by atoms with Crippen LogP contribution in [0.2, 0.25) is 0 Å². The van der Waals surface area contributed by atoms with E-state index in [4.69, 9.17) is 9.47 Å². The fraction of sp³-hybridized carbons (Fsp3) is 0.185. The molecule has 174 valence electrons. The smallest absolute Gasteiger partial charge is 0.329 e. The Morgan fingerprint density at radius 2 is 1.62 bits per heavy atom. The first-order valence-corrected chi connectivity index (χ1v) is 11.0. The summed E-state index contributed by atoms with van der Waals surface area (Å²) in [5, 5.41) is 2.65. The van der Waals surface area contributed by atoms with Crippen molar-refractivity contribution in [3.05, 3.63) is 100 Å². The van der Waals surface area contributed by atoms with Gasteiger partial charge in [0.2, 0.25) is 0 Å². The standard InChI is InChI=1S/C27H25FN2O4/c1-3-33-25-15-21(10-13-24(25)34-17-20-8-11-22(28)12-9-20)14-23-26(31)30(27(32)29-23)16-19-6-4-18(2)5-7-19/h4-15H,3,16-17H2,1-2H3,(H,29,32)/b23-14+. The van der Waals surface area contributed by atoms with E-state index in [0.717, 1.165) is 16.7 Å². The van der Waals surface area contributed by atoms with Crippen LogP contribution in [0.25, 0.3) is 6.08 Å². The maximum Gasteiger partial charge on any atom is 0.329 e. The zero-order valence-corrected chi connectivity index (χ0v) is 19.0. The molecule has 6 nitrogen and oxygen atoms in total. The highest BCUT2D eigenvalue weighted by Crippen LogP contribution is 2.30. The van der Waals surface area contributed by atoms with Crippen LogP contribution >= 0.6 is 0 Å². The van der Waals surface area contributed by atoms with Gasteiger partial charge in [-0.05, 0) is 60.9 Å². The van der Waals surface area contributed by atoms with E-state index in [0.29, 0.717) is 23.7 Å². The molecule has 0 saturated carbocycles. The summed E-state index contributed by atoms with van der Waals surface area (Å²) in [6, 6.07) is 18.6. The maximum absolute atomic E-state index is 13.1. The van der Waals surface area contributed by atoms with Crippen molar-refractivity contribution in [3.8, 4) is 11.5 Å². The number of rotatable bonds is 8. The minimum absolute atomic E-state index is 0.194. The molecule has 0 spiro atoms. The van der Waals surface area contributed by atoms with Gasteiger partial charge >= 0.3 is 6.03 Å². The van der Waals surface area contributed by atoms with Crippen LogP contribution in [0.4, 0.5) is 9.18 Å². The van der Waals surface area contributed by atoms with Crippen LogP contribution in [-0.2, 0) is 17.9 Å². The van der Waals surface area contributed by atoms with E-state index in [1.54, 1.807) is 36.4 Å². The second-order valence-electron chi connectivity index (χ2n) is 7.92. The van der Waals surface area contributed by atoms with E-state index in [1.807, 2.05) is 38.1 Å². The molecule has 3 aromatic carbocycles. The highest BCUT2D eigenvalue weighted by molar-refractivity contribution is 6.13. The summed E-state index contributed by atoms with van der Waals surface area (Å²) in [5.41, 5.74) is 3.68. The van der Waals surface area contributed by atoms with Crippen LogP contribution in [0.15, 0.2) is 72.4 Å². The van der Waals surface area contributed by atoms with Crippen molar-refractivity contribution in [3.63, 3.8) is 0 Å². The third-order valence-electron chi connectivity index (χ3n) is 5.31. The first kappa shape index (κ1) is 23.0. The lowest BCUT2D eigenvalue weighted by atomic mass is 10.1. The molecule has 0 aliphatic carbocycles. The van der Waals surface area contributed by atoms with Crippen molar-refractivity contribution < 1.29 is 23.5 Å². The Morgan fingerprint density at radius 1 is 0.912 bits per heavy atom. The zero-order chi connectivity index (χ0) is 24.1. The molecule has 0 radical (unpaired) electrons. The summed E-state index contributed by atoms with van der Waals surface area (Å²) >= 11 is 0. The van der Waals surface area contributed by atoms with Crippen molar-refractivity contribution in [2.24, 2.45) is 0 Å². The summed E-state index contributed by atoms with van der Waals surface area (Å²) in [7, 11) is 0. The van der Waals surface area contributed by atoms with Crippen molar-refractivity contribution >= 4 is 18.0 Å². The van der Waals surface area contributed by atoms with E-state index in [9.17, 15) is 14.0 Å². The molecule has 0 aromatic heterocycles. The van der Waals surface area contributed by atoms with Crippen LogP contribution in [0.3, 0.4) is 0 Å².